The number of Topliss-reactive ketones (excluding diaryl/α,β-unsaturated/α-hetero) is 1. The molecule has 2 aromatic carbocycles. The summed E-state index contributed by atoms with van der Waals surface area (Å²) < 4.78 is 10.4. The lowest BCUT2D eigenvalue weighted by Crippen LogP contribution is -2.40. The van der Waals surface area contributed by atoms with Gasteiger partial charge in [-0.25, -0.2) is 0 Å². The Morgan fingerprint density at radius 1 is 1.00 bits per heavy atom. The van der Waals surface area contributed by atoms with E-state index >= 15 is 0 Å². The molecule has 0 heterocycles. The molecule has 1 atom stereocenters. The molecule has 0 fully saturated rings. The largest absolute Gasteiger partial charge is 0.497 e. The Hall–Kier alpha value is -2.17. The van der Waals surface area contributed by atoms with Crippen LogP contribution in [0.15, 0.2) is 54.6 Å². The van der Waals surface area contributed by atoms with Gasteiger partial charge in [0.2, 0.25) is 0 Å². The van der Waals surface area contributed by atoms with E-state index in [1.54, 1.807) is 14.2 Å². The summed E-state index contributed by atoms with van der Waals surface area (Å²) in [6, 6.07) is 17.7. The van der Waals surface area contributed by atoms with Crippen molar-refractivity contribution in [2.24, 2.45) is 0 Å². The van der Waals surface area contributed by atoms with Gasteiger partial charge in [0, 0.05) is 20.1 Å². The summed E-state index contributed by atoms with van der Waals surface area (Å²) in [5.74, 6) is 0.802. The number of nitrogens with one attached hydrogen (secondary N) is 1. The van der Waals surface area contributed by atoms with E-state index in [-0.39, 0.29) is 5.78 Å². The van der Waals surface area contributed by atoms with E-state index in [1.807, 2.05) is 42.5 Å². The van der Waals surface area contributed by atoms with Gasteiger partial charge in [-0.1, -0.05) is 42.5 Å². The standard InChI is InChI=1S/C19H23NO3/c1-22-17-10-8-16(9-11-17)14-18(21)19(23-2)20-13-12-15-6-4-3-5-7-15/h3-11,19-20H,12-14H2,1-2H3. The van der Waals surface area contributed by atoms with Crippen molar-refractivity contribution < 1.29 is 14.3 Å². The molecule has 122 valence electrons. The number of hydrogen-bond donors (Lipinski definition) is 1. The van der Waals surface area contributed by atoms with Gasteiger partial charge < -0.3 is 9.47 Å². The molecule has 0 spiro atoms. The zero-order valence-corrected chi connectivity index (χ0v) is 13.6. The summed E-state index contributed by atoms with van der Waals surface area (Å²) in [5, 5.41) is 3.16. The topological polar surface area (TPSA) is 47.6 Å². The normalized spacial score (nSPS) is 11.9. The Morgan fingerprint density at radius 3 is 2.30 bits per heavy atom. The minimum Gasteiger partial charge on any atom is -0.497 e. The van der Waals surface area contributed by atoms with Crippen LogP contribution < -0.4 is 10.1 Å². The van der Waals surface area contributed by atoms with E-state index in [0.29, 0.717) is 13.0 Å². The van der Waals surface area contributed by atoms with E-state index in [9.17, 15) is 4.79 Å². The second kappa shape index (κ2) is 9.08. The quantitative estimate of drug-likeness (QED) is 0.723. The average molecular weight is 313 g/mol. The molecule has 23 heavy (non-hydrogen) atoms. The molecule has 0 amide bonds. The smallest absolute Gasteiger partial charge is 0.180 e. The summed E-state index contributed by atoms with van der Waals surface area (Å²) in [4.78, 5) is 12.3. The van der Waals surface area contributed by atoms with Crippen LogP contribution in [0, 0.1) is 0 Å². The van der Waals surface area contributed by atoms with Crippen molar-refractivity contribution in [1.82, 2.24) is 5.32 Å². The molecule has 0 saturated heterocycles. The van der Waals surface area contributed by atoms with Crippen LogP contribution >= 0.6 is 0 Å². The monoisotopic (exact) mass is 313 g/mol. The van der Waals surface area contributed by atoms with Crippen LogP contribution in [0.2, 0.25) is 0 Å². The maximum atomic E-state index is 12.3. The molecule has 0 aliphatic carbocycles. The highest BCUT2D eigenvalue weighted by molar-refractivity contribution is 5.84. The summed E-state index contributed by atoms with van der Waals surface area (Å²) in [6.45, 7) is 0.691. The average Bonchev–Trinajstić information content (AvgIpc) is 2.60. The van der Waals surface area contributed by atoms with Crippen molar-refractivity contribution in [2.45, 2.75) is 19.1 Å². The molecular weight excluding hydrogens is 290 g/mol. The number of ketones is 1. The van der Waals surface area contributed by atoms with Crippen LogP contribution in [0.25, 0.3) is 0 Å². The van der Waals surface area contributed by atoms with Gasteiger partial charge in [-0.05, 0) is 29.7 Å². The van der Waals surface area contributed by atoms with Crippen molar-refractivity contribution >= 4 is 5.78 Å². The van der Waals surface area contributed by atoms with Crippen LogP contribution in [0.3, 0.4) is 0 Å². The SMILES string of the molecule is COc1ccc(CC(=O)C(NCCc2ccccc2)OC)cc1. The van der Waals surface area contributed by atoms with Gasteiger partial charge in [0.1, 0.15) is 5.75 Å². The first-order valence-electron chi connectivity index (χ1n) is 7.68. The molecule has 0 aromatic heterocycles. The van der Waals surface area contributed by atoms with Crippen LogP contribution in [-0.4, -0.2) is 32.8 Å². The number of benzene rings is 2. The molecular formula is C19H23NO3. The second-order valence-corrected chi connectivity index (χ2v) is 5.30. The number of methoxy groups -OCH3 is 2. The third kappa shape index (κ3) is 5.51. The molecule has 0 saturated carbocycles. The molecule has 2 rings (SSSR count). The minimum atomic E-state index is -0.583. The fraction of sp³-hybridized carbons (Fsp3) is 0.316. The Bertz CT molecular complexity index is 596. The van der Waals surface area contributed by atoms with Gasteiger partial charge in [0.15, 0.2) is 12.0 Å². The van der Waals surface area contributed by atoms with E-state index in [1.165, 1.54) is 5.56 Å². The highest BCUT2D eigenvalue weighted by Gasteiger charge is 2.17. The summed E-state index contributed by atoms with van der Waals surface area (Å²) in [6.07, 6.45) is 0.609. The molecule has 1 unspecified atom stereocenters. The number of ether oxygens (including phenoxy) is 2. The van der Waals surface area contributed by atoms with Crippen LogP contribution in [0.5, 0.6) is 5.75 Å². The third-order valence-corrected chi connectivity index (χ3v) is 3.65. The number of carbonyl (C=O) groups excluding carboxylic acids is 1. The first-order chi connectivity index (χ1) is 11.2. The van der Waals surface area contributed by atoms with Gasteiger partial charge in [0.25, 0.3) is 0 Å². The molecule has 4 heteroatoms. The maximum absolute atomic E-state index is 12.3. The van der Waals surface area contributed by atoms with Crippen LogP contribution in [0.4, 0.5) is 0 Å². The van der Waals surface area contributed by atoms with E-state index in [2.05, 4.69) is 17.4 Å². The highest BCUT2D eigenvalue weighted by atomic mass is 16.5. The minimum absolute atomic E-state index is 0.0192. The highest BCUT2D eigenvalue weighted by Crippen LogP contribution is 2.12. The molecule has 0 radical (unpaired) electrons. The van der Waals surface area contributed by atoms with Crippen molar-refractivity contribution in [2.75, 3.05) is 20.8 Å². The van der Waals surface area contributed by atoms with E-state index < -0.39 is 6.23 Å². The van der Waals surface area contributed by atoms with Crippen molar-refractivity contribution in [3.8, 4) is 5.75 Å². The van der Waals surface area contributed by atoms with Crippen LogP contribution in [-0.2, 0) is 22.4 Å². The number of hydrogen-bond acceptors (Lipinski definition) is 4. The zero-order chi connectivity index (χ0) is 16.5. The summed E-state index contributed by atoms with van der Waals surface area (Å²) in [7, 11) is 3.17. The van der Waals surface area contributed by atoms with Gasteiger partial charge in [-0.15, -0.1) is 0 Å². The fourth-order valence-corrected chi connectivity index (χ4v) is 2.36. The van der Waals surface area contributed by atoms with Gasteiger partial charge >= 0.3 is 0 Å². The van der Waals surface area contributed by atoms with Crippen molar-refractivity contribution in [3.63, 3.8) is 0 Å². The Balaban J connectivity index is 1.82. The lowest BCUT2D eigenvalue weighted by molar-refractivity contribution is -0.129. The summed E-state index contributed by atoms with van der Waals surface area (Å²) >= 11 is 0. The Morgan fingerprint density at radius 2 is 1.70 bits per heavy atom. The maximum Gasteiger partial charge on any atom is 0.180 e. The van der Waals surface area contributed by atoms with Gasteiger partial charge in [-0.2, -0.15) is 0 Å². The third-order valence-electron chi connectivity index (χ3n) is 3.65. The van der Waals surface area contributed by atoms with Crippen molar-refractivity contribution in [1.29, 1.82) is 0 Å². The molecule has 0 aliphatic heterocycles. The molecule has 0 bridgehead atoms. The zero-order valence-electron chi connectivity index (χ0n) is 13.6. The fourth-order valence-electron chi connectivity index (χ4n) is 2.36. The predicted molar refractivity (Wildman–Crippen MR) is 90.7 cm³/mol. The number of rotatable bonds is 9. The second-order valence-electron chi connectivity index (χ2n) is 5.30. The first-order valence-corrected chi connectivity index (χ1v) is 7.68. The Kier molecular flexibility index (Phi) is 6.78. The number of carbonyl (C=O) groups is 1. The molecule has 2 aromatic rings. The Labute approximate surface area is 137 Å². The van der Waals surface area contributed by atoms with Gasteiger partial charge in [-0.3, -0.25) is 10.1 Å². The summed E-state index contributed by atoms with van der Waals surface area (Å²) in [5.41, 5.74) is 2.18. The lowest BCUT2D eigenvalue weighted by atomic mass is 10.1. The van der Waals surface area contributed by atoms with Gasteiger partial charge in [0.05, 0.1) is 7.11 Å². The van der Waals surface area contributed by atoms with Crippen LogP contribution in [0.1, 0.15) is 11.1 Å². The van der Waals surface area contributed by atoms with E-state index in [4.69, 9.17) is 9.47 Å². The molecule has 0 aliphatic rings. The first kappa shape index (κ1) is 17.2. The molecule has 1 N–H and O–H groups in total. The molecule has 4 nitrogen and oxygen atoms in total. The van der Waals surface area contributed by atoms with E-state index in [0.717, 1.165) is 17.7 Å². The predicted octanol–water partition coefficient (Wildman–Crippen LogP) is 2.61. The van der Waals surface area contributed by atoms with Crippen molar-refractivity contribution in [3.05, 3.63) is 65.7 Å². The lowest BCUT2D eigenvalue weighted by Gasteiger charge is -2.16.